The molecule has 1 fully saturated rings. The molecule has 1 aromatic carbocycles. The Morgan fingerprint density at radius 2 is 2.14 bits per heavy atom. The second-order valence-corrected chi connectivity index (χ2v) is 5.75. The SMILES string of the molecule is Cc1nc(CN2CC(O)CC2c2cc(F)ccc2F)oc1C. The molecule has 0 bridgehead atoms. The van der Waals surface area contributed by atoms with Gasteiger partial charge in [0.05, 0.1) is 18.3 Å². The summed E-state index contributed by atoms with van der Waals surface area (Å²) in [5.41, 5.74) is 1.07. The smallest absolute Gasteiger partial charge is 0.208 e. The molecule has 1 N–H and O–H groups in total. The molecule has 0 saturated carbocycles. The van der Waals surface area contributed by atoms with Crippen LogP contribution in [0.1, 0.15) is 35.4 Å². The van der Waals surface area contributed by atoms with Crippen molar-refractivity contribution < 1.29 is 18.3 Å². The van der Waals surface area contributed by atoms with E-state index in [0.29, 0.717) is 25.4 Å². The fraction of sp³-hybridized carbons (Fsp3) is 0.438. The summed E-state index contributed by atoms with van der Waals surface area (Å²) in [6.07, 6.45) is -0.219. The predicted molar refractivity (Wildman–Crippen MR) is 76.1 cm³/mol. The lowest BCUT2D eigenvalue weighted by Gasteiger charge is -2.23. The van der Waals surface area contributed by atoms with E-state index in [2.05, 4.69) is 4.98 Å². The summed E-state index contributed by atoms with van der Waals surface area (Å²) in [4.78, 5) is 6.18. The standard InChI is InChI=1S/C16H18F2N2O2/c1-9-10(2)22-16(19-9)8-20-7-12(21)6-15(20)13-5-11(17)3-4-14(13)18/h3-5,12,15,21H,6-8H2,1-2H3. The Labute approximate surface area is 127 Å². The second-order valence-electron chi connectivity index (χ2n) is 5.75. The fourth-order valence-electron chi connectivity index (χ4n) is 2.93. The largest absolute Gasteiger partial charge is 0.444 e. The molecule has 2 atom stereocenters. The Morgan fingerprint density at radius 1 is 1.36 bits per heavy atom. The van der Waals surface area contributed by atoms with Crippen molar-refractivity contribution in [1.29, 1.82) is 0 Å². The molecule has 2 aromatic rings. The number of benzene rings is 1. The van der Waals surface area contributed by atoms with Gasteiger partial charge in [-0.1, -0.05) is 0 Å². The zero-order chi connectivity index (χ0) is 15.9. The summed E-state index contributed by atoms with van der Waals surface area (Å²) in [6.45, 7) is 4.41. The molecular weight excluding hydrogens is 290 g/mol. The van der Waals surface area contributed by atoms with Gasteiger partial charge in [-0.05, 0) is 38.5 Å². The van der Waals surface area contributed by atoms with Crippen molar-refractivity contribution >= 4 is 0 Å². The number of nitrogens with zero attached hydrogens (tertiary/aromatic N) is 2. The molecule has 1 aliphatic rings. The summed E-state index contributed by atoms with van der Waals surface area (Å²) in [6, 6.07) is 3.01. The van der Waals surface area contributed by atoms with Gasteiger partial charge in [0.15, 0.2) is 0 Å². The van der Waals surface area contributed by atoms with E-state index in [1.54, 1.807) is 0 Å². The lowest BCUT2D eigenvalue weighted by molar-refractivity contribution is 0.166. The summed E-state index contributed by atoms with van der Waals surface area (Å²) in [5, 5.41) is 9.92. The Balaban J connectivity index is 1.87. The van der Waals surface area contributed by atoms with Crippen molar-refractivity contribution in [3.63, 3.8) is 0 Å². The molecule has 4 nitrogen and oxygen atoms in total. The first-order chi connectivity index (χ1) is 10.4. The van der Waals surface area contributed by atoms with Crippen molar-refractivity contribution in [3.05, 3.63) is 52.7 Å². The molecule has 1 aliphatic heterocycles. The van der Waals surface area contributed by atoms with E-state index in [1.165, 1.54) is 6.07 Å². The van der Waals surface area contributed by atoms with E-state index in [1.807, 2.05) is 18.7 Å². The van der Waals surface area contributed by atoms with Gasteiger partial charge < -0.3 is 9.52 Å². The average molecular weight is 308 g/mol. The maximum atomic E-state index is 14.0. The van der Waals surface area contributed by atoms with Gasteiger partial charge in [-0.3, -0.25) is 4.90 Å². The number of rotatable bonds is 3. The Kier molecular flexibility index (Phi) is 3.97. The molecule has 0 aliphatic carbocycles. The molecule has 1 saturated heterocycles. The highest BCUT2D eigenvalue weighted by atomic mass is 19.1. The first-order valence-electron chi connectivity index (χ1n) is 7.24. The lowest BCUT2D eigenvalue weighted by atomic mass is 10.0. The highest BCUT2D eigenvalue weighted by Crippen LogP contribution is 2.35. The fourth-order valence-corrected chi connectivity index (χ4v) is 2.93. The minimum atomic E-state index is -0.579. The zero-order valence-electron chi connectivity index (χ0n) is 12.5. The van der Waals surface area contributed by atoms with Gasteiger partial charge >= 0.3 is 0 Å². The average Bonchev–Trinajstić information content (AvgIpc) is 2.96. The monoisotopic (exact) mass is 308 g/mol. The zero-order valence-corrected chi connectivity index (χ0v) is 12.5. The highest BCUT2D eigenvalue weighted by Gasteiger charge is 2.34. The maximum Gasteiger partial charge on any atom is 0.208 e. The summed E-state index contributed by atoms with van der Waals surface area (Å²) in [7, 11) is 0. The quantitative estimate of drug-likeness (QED) is 0.947. The van der Waals surface area contributed by atoms with Crippen LogP contribution in [0.3, 0.4) is 0 Å². The van der Waals surface area contributed by atoms with Crippen LogP contribution in [-0.2, 0) is 6.54 Å². The lowest BCUT2D eigenvalue weighted by Crippen LogP contribution is -2.25. The molecule has 6 heteroatoms. The van der Waals surface area contributed by atoms with Crippen LogP contribution in [0.5, 0.6) is 0 Å². The Hall–Kier alpha value is -1.79. The number of aryl methyl sites for hydroxylation is 2. The van der Waals surface area contributed by atoms with Crippen LogP contribution >= 0.6 is 0 Å². The van der Waals surface area contributed by atoms with Crippen LogP contribution in [0.4, 0.5) is 8.78 Å². The molecule has 0 amide bonds. The van der Waals surface area contributed by atoms with Crippen molar-refractivity contribution in [1.82, 2.24) is 9.88 Å². The van der Waals surface area contributed by atoms with Crippen LogP contribution in [0.15, 0.2) is 22.6 Å². The molecule has 0 spiro atoms. The number of aliphatic hydroxyl groups excluding tert-OH is 1. The van der Waals surface area contributed by atoms with E-state index in [0.717, 1.165) is 23.6 Å². The topological polar surface area (TPSA) is 49.5 Å². The third kappa shape index (κ3) is 2.89. The molecule has 118 valence electrons. The minimum absolute atomic E-state index is 0.261. The van der Waals surface area contributed by atoms with Crippen molar-refractivity contribution in [2.45, 2.75) is 39.0 Å². The third-order valence-corrected chi connectivity index (χ3v) is 4.11. The number of hydrogen-bond acceptors (Lipinski definition) is 4. The van der Waals surface area contributed by atoms with E-state index in [4.69, 9.17) is 4.42 Å². The number of likely N-dealkylation sites (tertiary alicyclic amines) is 1. The first kappa shape index (κ1) is 15.1. The van der Waals surface area contributed by atoms with E-state index in [9.17, 15) is 13.9 Å². The van der Waals surface area contributed by atoms with Gasteiger partial charge in [-0.15, -0.1) is 0 Å². The summed E-state index contributed by atoms with van der Waals surface area (Å²) < 4.78 is 33.0. The van der Waals surface area contributed by atoms with E-state index < -0.39 is 23.8 Å². The summed E-state index contributed by atoms with van der Waals surface area (Å²) >= 11 is 0. The van der Waals surface area contributed by atoms with Gasteiger partial charge in [-0.2, -0.15) is 0 Å². The van der Waals surface area contributed by atoms with Crippen molar-refractivity contribution in [2.24, 2.45) is 0 Å². The van der Waals surface area contributed by atoms with Crippen molar-refractivity contribution in [3.8, 4) is 0 Å². The number of aromatic nitrogens is 1. The third-order valence-electron chi connectivity index (χ3n) is 4.11. The molecular formula is C16H18F2N2O2. The van der Waals surface area contributed by atoms with Gasteiger partial charge in [-0.25, -0.2) is 13.8 Å². The minimum Gasteiger partial charge on any atom is -0.444 e. The Bertz CT molecular complexity index is 667. The maximum absolute atomic E-state index is 14.0. The second kappa shape index (κ2) is 5.78. The molecule has 2 heterocycles. The first-order valence-corrected chi connectivity index (χ1v) is 7.24. The van der Waals surface area contributed by atoms with Gasteiger partial charge in [0.1, 0.15) is 17.4 Å². The van der Waals surface area contributed by atoms with E-state index in [-0.39, 0.29) is 5.56 Å². The number of hydrogen-bond donors (Lipinski definition) is 1. The molecule has 22 heavy (non-hydrogen) atoms. The number of halogens is 2. The van der Waals surface area contributed by atoms with Gasteiger partial charge in [0.2, 0.25) is 5.89 Å². The molecule has 3 rings (SSSR count). The van der Waals surface area contributed by atoms with Crippen LogP contribution in [0, 0.1) is 25.5 Å². The van der Waals surface area contributed by atoms with Crippen LogP contribution in [-0.4, -0.2) is 27.6 Å². The van der Waals surface area contributed by atoms with E-state index >= 15 is 0 Å². The van der Waals surface area contributed by atoms with Gasteiger partial charge in [0.25, 0.3) is 0 Å². The molecule has 2 unspecified atom stereocenters. The number of oxazole rings is 1. The Morgan fingerprint density at radius 3 is 2.82 bits per heavy atom. The van der Waals surface area contributed by atoms with Crippen molar-refractivity contribution in [2.75, 3.05) is 6.54 Å². The van der Waals surface area contributed by atoms with Crippen LogP contribution in [0.25, 0.3) is 0 Å². The number of aliphatic hydroxyl groups is 1. The highest BCUT2D eigenvalue weighted by molar-refractivity contribution is 5.24. The normalized spacial score (nSPS) is 22.4. The molecule has 0 radical (unpaired) electrons. The van der Waals surface area contributed by atoms with Crippen LogP contribution < -0.4 is 0 Å². The number of β-amino-alcohol motifs (C(OH)–C–C–N with tert-alkyl or cyclic N) is 1. The predicted octanol–water partition coefficient (Wildman–Crippen LogP) is 2.88. The molecule has 1 aromatic heterocycles. The summed E-state index contributed by atoms with van der Waals surface area (Å²) in [5.74, 6) is 0.306. The van der Waals surface area contributed by atoms with Crippen LogP contribution in [0.2, 0.25) is 0 Å². The van der Waals surface area contributed by atoms with Gasteiger partial charge in [0, 0.05) is 18.2 Å².